The van der Waals surface area contributed by atoms with Crippen LogP contribution in [0.1, 0.15) is 44.8 Å². The lowest BCUT2D eigenvalue weighted by atomic mass is 10.2. The Kier molecular flexibility index (Phi) is 4.17. The van der Waals surface area contributed by atoms with E-state index in [9.17, 15) is 0 Å². The third kappa shape index (κ3) is 3.21. The lowest BCUT2D eigenvalue weighted by Crippen LogP contribution is -2.36. The average Bonchev–Trinajstić information content (AvgIpc) is 2.54. The van der Waals surface area contributed by atoms with Crippen molar-refractivity contribution in [1.29, 1.82) is 0 Å². The van der Waals surface area contributed by atoms with Gasteiger partial charge in [-0.05, 0) is 26.7 Å². The van der Waals surface area contributed by atoms with Gasteiger partial charge in [-0.25, -0.2) is 4.99 Å². The first-order chi connectivity index (χ1) is 8.66. The monoisotopic (exact) mass is 250 g/mol. The van der Waals surface area contributed by atoms with Gasteiger partial charge in [0.05, 0.1) is 0 Å². The molecule has 0 unspecified atom stereocenters. The Morgan fingerprint density at radius 1 is 1.39 bits per heavy atom. The number of rotatable bonds is 3. The lowest BCUT2D eigenvalue weighted by Gasteiger charge is -2.09. The molecule has 1 aliphatic rings. The van der Waals surface area contributed by atoms with Gasteiger partial charge < -0.3 is 15.6 Å². The SMILES string of the molecule is CC(C)NC(N)=NCc1nnc2n1CCCCC2. The van der Waals surface area contributed by atoms with Crippen molar-refractivity contribution in [1.82, 2.24) is 20.1 Å². The van der Waals surface area contributed by atoms with E-state index in [0.717, 1.165) is 24.6 Å². The zero-order valence-corrected chi connectivity index (χ0v) is 11.2. The molecule has 0 saturated heterocycles. The third-order valence-corrected chi connectivity index (χ3v) is 3.01. The summed E-state index contributed by atoms with van der Waals surface area (Å²) < 4.78 is 2.19. The summed E-state index contributed by atoms with van der Waals surface area (Å²) in [6.45, 7) is 5.57. The fourth-order valence-corrected chi connectivity index (χ4v) is 2.16. The van der Waals surface area contributed by atoms with Gasteiger partial charge in [-0.15, -0.1) is 10.2 Å². The Hall–Kier alpha value is -1.59. The molecule has 1 aromatic heterocycles. The first kappa shape index (κ1) is 12.9. The molecule has 0 saturated carbocycles. The van der Waals surface area contributed by atoms with E-state index in [-0.39, 0.29) is 0 Å². The summed E-state index contributed by atoms with van der Waals surface area (Å²) in [5, 5.41) is 11.5. The number of hydrogen-bond acceptors (Lipinski definition) is 3. The molecule has 6 heteroatoms. The molecule has 1 aliphatic heterocycles. The standard InChI is InChI=1S/C12H22N6/c1-9(2)15-12(13)14-8-11-17-16-10-6-4-3-5-7-18(10)11/h9H,3-8H2,1-2H3,(H3,13,14,15). The van der Waals surface area contributed by atoms with Gasteiger partial charge in [-0.1, -0.05) is 6.42 Å². The smallest absolute Gasteiger partial charge is 0.189 e. The predicted molar refractivity (Wildman–Crippen MR) is 71.2 cm³/mol. The van der Waals surface area contributed by atoms with E-state index >= 15 is 0 Å². The molecule has 0 atom stereocenters. The van der Waals surface area contributed by atoms with Crippen molar-refractivity contribution in [2.75, 3.05) is 0 Å². The van der Waals surface area contributed by atoms with Gasteiger partial charge in [0.25, 0.3) is 0 Å². The molecule has 0 fully saturated rings. The molecule has 0 spiro atoms. The lowest BCUT2D eigenvalue weighted by molar-refractivity contribution is 0.605. The van der Waals surface area contributed by atoms with Gasteiger partial charge in [0, 0.05) is 19.0 Å². The van der Waals surface area contributed by atoms with Gasteiger partial charge in [-0.2, -0.15) is 0 Å². The fourth-order valence-electron chi connectivity index (χ4n) is 2.16. The van der Waals surface area contributed by atoms with Crippen LogP contribution in [0.15, 0.2) is 4.99 Å². The van der Waals surface area contributed by atoms with Gasteiger partial charge in [0.15, 0.2) is 11.8 Å². The summed E-state index contributed by atoms with van der Waals surface area (Å²) in [4.78, 5) is 4.31. The second-order valence-corrected chi connectivity index (χ2v) is 5.00. The summed E-state index contributed by atoms with van der Waals surface area (Å²) >= 11 is 0. The second-order valence-electron chi connectivity index (χ2n) is 5.00. The molecule has 0 amide bonds. The maximum absolute atomic E-state index is 5.78. The minimum Gasteiger partial charge on any atom is -0.370 e. The van der Waals surface area contributed by atoms with Gasteiger partial charge in [0.1, 0.15) is 12.4 Å². The van der Waals surface area contributed by atoms with Crippen molar-refractivity contribution in [3.8, 4) is 0 Å². The number of fused-ring (bicyclic) bond motifs is 1. The molecule has 1 aromatic rings. The number of nitrogens with zero attached hydrogens (tertiary/aromatic N) is 4. The molecule has 0 aromatic carbocycles. The van der Waals surface area contributed by atoms with Crippen LogP contribution < -0.4 is 11.1 Å². The van der Waals surface area contributed by atoms with Crippen molar-refractivity contribution in [2.24, 2.45) is 10.7 Å². The molecular weight excluding hydrogens is 228 g/mol. The molecule has 6 nitrogen and oxygen atoms in total. The van der Waals surface area contributed by atoms with Crippen LogP contribution in [0.25, 0.3) is 0 Å². The highest BCUT2D eigenvalue weighted by Gasteiger charge is 2.14. The van der Waals surface area contributed by atoms with Crippen molar-refractivity contribution >= 4 is 5.96 Å². The zero-order chi connectivity index (χ0) is 13.0. The molecule has 3 N–H and O–H groups in total. The summed E-state index contributed by atoms with van der Waals surface area (Å²) in [6, 6.07) is 0.296. The quantitative estimate of drug-likeness (QED) is 0.614. The van der Waals surface area contributed by atoms with Crippen molar-refractivity contribution in [2.45, 2.75) is 58.7 Å². The molecule has 2 heterocycles. The van der Waals surface area contributed by atoms with Crippen LogP contribution in [0.2, 0.25) is 0 Å². The third-order valence-electron chi connectivity index (χ3n) is 3.01. The number of hydrogen-bond donors (Lipinski definition) is 2. The molecule has 0 radical (unpaired) electrons. The molecule has 100 valence electrons. The van der Waals surface area contributed by atoms with E-state index < -0.39 is 0 Å². The van der Waals surface area contributed by atoms with Crippen molar-refractivity contribution < 1.29 is 0 Å². The van der Waals surface area contributed by atoms with E-state index in [1.807, 2.05) is 13.8 Å². The number of aromatic nitrogens is 3. The van der Waals surface area contributed by atoms with Crippen molar-refractivity contribution in [3.63, 3.8) is 0 Å². The Labute approximate surface area is 108 Å². The number of nitrogens with one attached hydrogen (secondary N) is 1. The first-order valence-corrected chi connectivity index (χ1v) is 6.64. The highest BCUT2D eigenvalue weighted by Crippen LogP contribution is 2.14. The van der Waals surface area contributed by atoms with Crippen LogP contribution >= 0.6 is 0 Å². The maximum atomic E-state index is 5.78. The highest BCUT2D eigenvalue weighted by molar-refractivity contribution is 5.77. The number of aliphatic imine (C=N–C) groups is 1. The average molecular weight is 250 g/mol. The van der Waals surface area contributed by atoms with Crippen LogP contribution in [0.3, 0.4) is 0 Å². The summed E-state index contributed by atoms with van der Waals surface area (Å²) in [5.41, 5.74) is 5.78. The Balaban J connectivity index is 2.04. The van der Waals surface area contributed by atoms with Crippen molar-refractivity contribution in [3.05, 3.63) is 11.6 Å². The minimum absolute atomic E-state index is 0.296. The van der Waals surface area contributed by atoms with Crippen LogP contribution in [0.4, 0.5) is 0 Å². The Morgan fingerprint density at radius 3 is 3.00 bits per heavy atom. The number of aryl methyl sites for hydroxylation is 1. The normalized spacial score (nSPS) is 16.5. The molecule has 0 bridgehead atoms. The summed E-state index contributed by atoms with van der Waals surface area (Å²) in [5.74, 6) is 2.48. The van der Waals surface area contributed by atoms with Gasteiger partial charge in [-0.3, -0.25) is 0 Å². The predicted octanol–water partition coefficient (Wildman–Crippen LogP) is 0.817. The van der Waals surface area contributed by atoms with E-state index in [4.69, 9.17) is 5.73 Å². The van der Waals surface area contributed by atoms with E-state index in [0.29, 0.717) is 18.5 Å². The number of guanidine groups is 1. The van der Waals surface area contributed by atoms with Crippen LogP contribution in [0, 0.1) is 0 Å². The van der Waals surface area contributed by atoms with Gasteiger partial charge in [0.2, 0.25) is 0 Å². The zero-order valence-electron chi connectivity index (χ0n) is 11.2. The second kappa shape index (κ2) is 5.84. The molecular formula is C12H22N6. The van der Waals surface area contributed by atoms with E-state index in [1.54, 1.807) is 0 Å². The van der Waals surface area contributed by atoms with Gasteiger partial charge >= 0.3 is 0 Å². The first-order valence-electron chi connectivity index (χ1n) is 6.64. The molecule has 0 aliphatic carbocycles. The van der Waals surface area contributed by atoms with Crippen LogP contribution in [-0.2, 0) is 19.5 Å². The van der Waals surface area contributed by atoms with Crippen LogP contribution in [0.5, 0.6) is 0 Å². The minimum atomic E-state index is 0.296. The molecule has 2 rings (SSSR count). The molecule has 18 heavy (non-hydrogen) atoms. The summed E-state index contributed by atoms with van der Waals surface area (Å²) in [7, 11) is 0. The van der Waals surface area contributed by atoms with Crippen LogP contribution in [-0.4, -0.2) is 26.8 Å². The topological polar surface area (TPSA) is 81.1 Å². The van der Waals surface area contributed by atoms with E-state index in [2.05, 4.69) is 25.1 Å². The fraction of sp³-hybridized carbons (Fsp3) is 0.750. The van der Waals surface area contributed by atoms with E-state index in [1.165, 1.54) is 19.3 Å². The Morgan fingerprint density at radius 2 is 2.22 bits per heavy atom. The largest absolute Gasteiger partial charge is 0.370 e. The Bertz CT molecular complexity index is 420. The maximum Gasteiger partial charge on any atom is 0.189 e. The summed E-state index contributed by atoms with van der Waals surface area (Å²) in [6.07, 6.45) is 4.69. The number of nitrogens with two attached hydrogens (primary N) is 1. The highest BCUT2D eigenvalue weighted by atomic mass is 15.3.